The molecule has 2 rings (SSSR count). The Morgan fingerprint density at radius 3 is 2.75 bits per heavy atom. The summed E-state index contributed by atoms with van der Waals surface area (Å²) in [7, 11) is 1.98. The minimum atomic E-state index is 0.136. The van der Waals surface area contributed by atoms with E-state index in [0.29, 0.717) is 13.0 Å². The van der Waals surface area contributed by atoms with Crippen LogP contribution in [-0.4, -0.2) is 16.9 Å². The number of benzene rings is 1. The molecule has 1 aromatic carbocycles. The number of para-hydroxylation sites is 1. The van der Waals surface area contributed by atoms with E-state index in [9.17, 15) is 4.79 Å². The number of nitrogens with two attached hydrogens (primary N) is 1. The molecule has 0 amide bonds. The highest BCUT2D eigenvalue weighted by Crippen LogP contribution is 2.25. The Labute approximate surface area is 94.9 Å². The van der Waals surface area contributed by atoms with E-state index in [0.717, 1.165) is 22.2 Å². The van der Waals surface area contributed by atoms with Crippen LogP contribution in [0.2, 0.25) is 0 Å². The van der Waals surface area contributed by atoms with Crippen LogP contribution in [-0.2, 0) is 7.05 Å². The molecule has 3 heteroatoms. The van der Waals surface area contributed by atoms with Crippen molar-refractivity contribution in [2.75, 3.05) is 6.54 Å². The molecule has 1 heterocycles. The molecule has 0 saturated heterocycles. The van der Waals surface area contributed by atoms with Crippen molar-refractivity contribution in [2.24, 2.45) is 12.8 Å². The zero-order valence-electron chi connectivity index (χ0n) is 9.66. The van der Waals surface area contributed by atoms with Crippen LogP contribution in [0.15, 0.2) is 24.3 Å². The number of hydrogen-bond acceptors (Lipinski definition) is 2. The van der Waals surface area contributed by atoms with Gasteiger partial charge in [-0.1, -0.05) is 18.2 Å². The van der Waals surface area contributed by atoms with Gasteiger partial charge in [-0.05, 0) is 19.5 Å². The molecule has 0 aliphatic carbocycles. The summed E-state index contributed by atoms with van der Waals surface area (Å²) in [6, 6.07) is 7.97. The van der Waals surface area contributed by atoms with Gasteiger partial charge in [-0.25, -0.2) is 0 Å². The summed E-state index contributed by atoms with van der Waals surface area (Å²) >= 11 is 0. The molecule has 2 N–H and O–H groups in total. The number of carbonyl (C=O) groups is 1. The van der Waals surface area contributed by atoms with Crippen molar-refractivity contribution in [2.45, 2.75) is 13.3 Å². The first-order chi connectivity index (χ1) is 7.66. The molecule has 0 aliphatic rings. The Balaban J connectivity index is 2.68. The van der Waals surface area contributed by atoms with E-state index in [2.05, 4.69) is 4.57 Å². The maximum atomic E-state index is 12.0. The molecule has 84 valence electrons. The van der Waals surface area contributed by atoms with Crippen LogP contribution in [0.4, 0.5) is 0 Å². The molecule has 0 spiro atoms. The molecular weight excluding hydrogens is 200 g/mol. The van der Waals surface area contributed by atoms with Crippen molar-refractivity contribution in [3.63, 3.8) is 0 Å². The van der Waals surface area contributed by atoms with Gasteiger partial charge in [0.25, 0.3) is 0 Å². The number of nitrogens with zero attached hydrogens (tertiary/aromatic N) is 1. The van der Waals surface area contributed by atoms with Gasteiger partial charge in [0.1, 0.15) is 0 Å². The lowest BCUT2D eigenvalue weighted by Gasteiger charge is -2.00. The fourth-order valence-corrected chi connectivity index (χ4v) is 2.13. The topological polar surface area (TPSA) is 48.0 Å². The second-order valence-electron chi connectivity index (χ2n) is 4.00. The lowest BCUT2D eigenvalue weighted by Crippen LogP contribution is -2.09. The van der Waals surface area contributed by atoms with Crippen molar-refractivity contribution in [1.82, 2.24) is 4.57 Å². The van der Waals surface area contributed by atoms with Crippen LogP contribution in [0.5, 0.6) is 0 Å². The number of rotatable bonds is 3. The average molecular weight is 216 g/mol. The van der Waals surface area contributed by atoms with Gasteiger partial charge < -0.3 is 10.3 Å². The lowest BCUT2D eigenvalue weighted by molar-refractivity contribution is 0.0986. The van der Waals surface area contributed by atoms with Gasteiger partial charge in [-0.2, -0.15) is 0 Å². The largest absolute Gasteiger partial charge is 0.347 e. The maximum Gasteiger partial charge on any atom is 0.166 e. The van der Waals surface area contributed by atoms with Crippen LogP contribution in [0.3, 0.4) is 0 Å². The molecule has 2 aromatic rings. The van der Waals surface area contributed by atoms with Gasteiger partial charge in [0, 0.05) is 35.6 Å². The number of aromatic nitrogens is 1. The first-order valence-electron chi connectivity index (χ1n) is 5.44. The summed E-state index contributed by atoms with van der Waals surface area (Å²) in [4.78, 5) is 12.0. The van der Waals surface area contributed by atoms with E-state index in [1.807, 2.05) is 38.2 Å². The van der Waals surface area contributed by atoms with Gasteiger partial charge in [0.2, 0.25) is 0 Å². The normalized spacial score (nSPS) is 10.9. The lowest BCUT2D eigenvalue weighted by atomic mass is 10.0. The predicted molar refractivity (Wildman–Crippen MR) is 65.7 cm³/mol. The van der Waals surface area contributed by atoms with Crippen LogP contribution >= 0.6 is 0 Å². The van der Waals surface area contributed by atoms with E-state index < -0.39 is 0 Å². The molecule has 0 bridgehead atoms. The van der Waals surface area contributed by atoms with Crippen LogP contribution in [0.25, 0.3) is 10.9 Å². The number of Topliss-reactive ketones (excluding diaryl/α,β-unsaturated/α-hetero) is 1. The highest BCUT2D eigenvalue weighted by molar-refractivity contribution is 6.09. The quantitative estimate of drug-likeness (QED) is 0.798. The van der Waals surface area contributed by atoms with Crippen molar-refractivity contribution >= 4 is 16.7 Å². The van der Waals surface area contributed by atoms with E-state index in [1.54, 1.807) is 0 Å². The monoisotopic (exact) mass is 216 g/mol. The minimum Gasteiger partial charge on any atom is -0.347 e. The summed E-state index contributed by atoms with van der Waals surface area (Å²) in [6.45, 7) is 2.38. The number of carbonyl (C=O) groups excluding carboxylic acids is 1. The molecule has 1 aromatic heterocycles. The van der Waals surface area contributed by atoms with Gasteiger partial charge in [-0.15, -0.1) is 0 Å². The molecule has 0 saturated carbocycles. The Hall–Kier alpha value is -1.61. The molecule has 3 nitrogen and oxygen atoms in total. The van der Waals surface area contributed by atoms with E-state index in [-0.39, 0.29) is 5.78 Å². The third kappa shape index (κ3) is 1.53. The van der Waals surface area contributed by atoms with Crippen LogP contribution < -0.4 is 5.73 Å². The van der Waals surface area contributed by atoms with Crippen molar-refractivity contribution in [3.8, 4) is 0 Å². The fourth-order valence-electron chi connectivity index (χ4n) is 2.13. The van der Waals surface area contributed by atoms with Crippen molar-refractivity contribution in [1.29, 1.82) is 0 Å². The highest BCUT2D eigenvalue weighted by atomic mass is 16.1. The van der Waals surface area contributed by atoms with Gasteiger partial charge in [0.05, 0.1) is 0 Å². The van der Waals surface area contributed by atoms with Gasteiger partial charge in [0.15, 0.2) is 5.78 Å². The molecule has 0 radical (unpaired) electrons. The molecule has 0 aliphatic heterocycles. The number of aryl methyl sites for hydroxylation is 1. The SMILES string of the molecule is Cc1c(C(=O)CCN)c2ccccc2n1C. The van der Waals surface area contributed by atoms with E-state index >= 15 is 0 Å². The standard InChI is InChI=1S/C13H16N2O/c1-9-13(12(16)7-8-14)10-5-3-4-6-11(10)15(9)2/h3-6H,7-8,14H2,1-2H3. The highest BCUT2D eigenvalue weighted by Gasteiger charge is 2.16. The number of hydrogen-bond donors (Lipinski definition) is 1. The minimum absolute atomic E-state index is 0.136. The number of fused-ring (bicyclic) bond motifs is 1. The Kier molecular flexibility index (Phi) is 2.79. The predicted octanol–water partition coefficient (Wildman–Crippen LogP) is 2.02. The first kappa shape index (κ1) is 10.9. The maximum absolute atomic E-state index is 12.0. The van der Waals surface area contributed by atoms with Gasteiger partial charge in [-0.3, -0.25) is 4.79 Å². The summed E-state index contributed by atoms with van der Waals surface area (Å²) in [5, 5.41) is 1.03. The second kappa shape index (κ2) is 4.10. The van der Waals surface area contributed by atoms with E-state index in [1.165, 1.54) is 0 Å². The third-order valence-corrected chi connectivity index (χ3v) is 3.05. The molecule has 0 unspecified atom stereocenters. The van der Waals surface area contributed by atoms with Crippen molar-refractivity contribution < 1.29 is 4.79 Å². The number of ketones is 1. The molecule has 0 fully saturated rings. The van der Waals surface area contributed by atoms with Crippen LogP contribution in [0.1, 0.15) is 22.5 Å². The molecular formula is C13H16N2O. The summed E-state index contributed by atoms with van der Waals surface area (Å²) in [5.41, 5.74) is 8.37. The average Bonchev–Trinajstić information content (AvgIpc) is 2.53. The first-order valence-corrected chi connectivity index (χ1v) is 5.44. The fraction of sp³-hybridized carbons (Fsp3) is 0.308. The third-order valence-electron chi connectivity index (χ3n) is 3.05. The summed E-state index contributed by atoms with van der Waals surface area (Å²) in [6.07, 6.45) is 0.412. The van der Waals surface area contributed by atoms with Gasteiger partial charge >= 0.3 is 0 Å². The van der Waals surface area contributed by atoms with E-state index in [4.69, 9.17) is 5.73 Å². The zero-order chi connectivity index (χ0) is 11.7. The smallest absolute Gasteiger partial charge is 0.166 e. The summed E-state index contributed by atoms with van der Waals surface area (Å²) in [5.74, 6) is 0.136. The Morgan fingerprint density at radius 1 is 1.38 bits per heavy atom. The Morgan fingerprint density at radius 2 is 2.06 bits per heavy atom. The van der Waals surface area contributed by atoms with Crippen LogP contribution in [0, 0.1) is 6.92 Å². The summed E-state index contributed by atoms with van der Waals surface area (Å²) < 4.78 is 2.05. The molecule has 16 heavy (non-hydrogen) atoms. The Bertz CT molecular complexity index is 540. The molecule has 0 atom stereocenters. The second-order valence-corrected chi connectivity index (χ2v) is 4.00. The van der Waals surface area contributed by atoms with Crippen molar-refractivity contribution in [3.05, 3.63) is 35.5 Å². The zero-order valence-corrected chi connectivity index (χ0v) is 9.66.